The predicted molar refractivity (Wildman–Crippen MR) is 87.6 cm³/mol. The van der Waals surface area contributed by atoms with Gasteiger partial charge in [-0.2, -0.15) is 0 Å². The number of anilines is 1. The molecular weight excluding hydrogens is 278 g/mol. The number of rotatable bonds is 6. The fourth-order valence-electron chi connectivity index (χ4n) is 1.84. The molecule has 22 heavy (non-hydrogen) atoms. The zero-order valence-corrected chi connectivity index (χ0v) is 12.5. The Balaban J connectivity index is 1.82. The summed E-state index contributed by atoms with van der Waals surface area (Å²) < 4.78 is 0. The van der Waals surface area contributed by atoms with Crippen LogP contribution in [0.2, 0.25) is 0 Å². The maximum atomic E-state index is 11.7. The van der Waals surface area contributed by atoms with Crippen LogP contribution >= 0.6 is 0 Å². The highest BCUT2D eigenvalue weighted by Crippen LogP contribution is 2.09. The molecule has 0 unspecified atom stereocenters. The number of benzene rings is 2. The number of amides is 1. The van der Waals surface area contributed by atoms with Crippen molar-refractivity contribution < 1.29 is 9.63 Å². The average molecular weight is 297 g/mol. The quantitative estimate of drug-likeness (QED) is 0.488. The van der Waals surface area contributed by atoms with Crippen molar-refractivity contribution in [3.8, 4) is 0 Å². The fourth-order valence-corrected chi connectivity index (χ4v) is 1.84. The standard InChI is InChI=1S/C17H19N3O2/c1-2-13-8-10-15(11-9-13)19-16(21)12-22-20-17(18)14-6-4-3-5-7-14/h3-11H,2,12H2,1H3,(H2,18,20)(H,19,21). The van der Waals surface area contributed by atoms with E-state index >= 15 is 0 Å². The van der Waals surface area contributed by atoms with Gasteiger partial charge in [-0.25, -0.2) is 0 Å². The molecular formula is C17H19N3O2. The number of oxime groups is 1. The van der Waals surface area contributed by atoms with Crippen molar-refractivity contribution in [3.63, 3.8) is 0 Å². The molecule has 0 spiro atoms. The Morgan fingerprint density at radius 1 is 1.14 bits per heavy atom. The summed E-state index contributed by atoms with van der Waals surface area (Å²) in [7, 11) is 0. The first-order valence-electron chi connectivity index (χ1n) is 7.08. The molecule has 0 aromatic heterocycles. The van der Waals surface area contributed by atoms with Gasteiger partial charge >= 0.3 is 0 Å². The van der Waals surface area contributed by atoms with Gasteiger partial charge < -0.3 is 15.9 Å². The molecule has 0 fully saturated rings. The van der Waals surface area contributed by atoms with E-state index in [-0.39, 0.29) is 18.3 Å². The molecule has 0 aliphatic heterocycles. The number of amidine groups is 1. The lowest BCUT2D eigenvalue weighted by Crippen LogP contribution is -2.19. The Morgan fingerprint density at radius 3 is 2.45 bits per heavy atom. The normalized spacial score (nSPS) is 11.0. The third-order valence-corrected chi connectivity index (χ3v) is 3.07. The second-order valence-corrected chi connectivity index (χ2v) is 4.71. The van der Waals surface area contributed by atoms with Crippen LogP contribution in [0.4, 0.5) is 5.69 Å². The summed E-state index contributed by atoms with van der Waals surface area (Å²) in [5.41, 5.74) is 8.45. The highest BCUT2D eigenvalue weighted by atomic mass is 16.6. The zero-order valence-electron chi connectivity index (χ0n) is 12.5. The SMILES string of the molecule is CCc1ccc(NC(=O)CO/N=C(/N)c2ccccc2)cc1. The predicted octanol–water partition coefficient (Wildman–Crippen LogP) is 2.52. The van der Waals surface area contributed by atoms with Crippen LogP contribution in [0.15, 0.2) is 59.8 Å². The highest BCUT2D eigenvalue weighted by molar-refractivity contribution is 5.97. The van der Waals surface area contributed by atoms with Crippen molar-refractivity contribution in [2.75, 3.05) is 11.9 Å². The van der Waals surface area contributed by atoms with E-state index in [4.69, 9.17) is 10.6 Å². The van der Waals surface area contributed by atoms with E-state index < -0.39 is 0 Å². The van der Waals surface area contributed by atoms with Gasteiger partial charge in [-0.3, -0.25) is 4.79 Å². The van der Waals surface area contributed by atoms with E-state index in [1.54, 1.807) is 0 Å². The van der Waals surface area contributed by atoms with Gasteiger partial charge in [0.2, 0.25) is 0 Å². The van der Waals surface area contributed by atoms with Crippen LogP contribution in [-0.4, -0.2) is 18.3 Å². The number of aryl methyl sites for hydroxylation is 1. The molecule has 2 rings (SSSR count). The number of hydrogen-bond acceptors (Lipinski definition) is 3. The van der Waals surface area contributed by atoms with Gasteiger partial charge in [-0.1, -0.05) is 54.5 Å². The monoisotopic (exact) mass is 297 g/mol. The lowest BCUT2D eigenvalue weighted by atomic mass is 10.1. The Bertz CT molecular complexity index is 637. The van der Waals surface area contributed by atoms with Crippen LogP contribution in [0.25, 0.3) is 0 Å². The molecule has 5 heteroatoms. The van der Waals surface area contributed by atoms with Crippen molar-refractivity contribution in [2.24, 2.45) is 10.9 Å². The fraction of sp³-hybridized carbons (Fsp3) is 0.176. The van der Waals surface area contributed by atoms with Gasteiger partial charge in [0.25, 0.3) is 5.91 Å². The minimum atomic E-state index is -0.283. The van der Waals surface area contributed by atoms with Crippen LogP contribution in [0.5, 0.6) is 0 Å². The van der Waals surface area contributed by atoms with Crippen LogP contribution < -0.4 is 11.1 Å². The number of carbonyl (C=O) groups excluding carboxylic acids is 1. The van der Waals surface area contributed by atoms with Crippen LogP contribution in [-0.2, 0) is 16.1 Å². The molecule has 114 valence electrons. The van der Waals surface area contributed by atoms with E-state index in [1.807, 2.05) is 54.6 Å². The van der Waals surface area contributed by atoms with E-state index in [0.29, 0.717) is 0 Å². The van der Waals surface area contributed by atoms with E-state index in [9.17, 15) is 4.79 Å². The highest BCUT2D eigenvalue weighted by Gasteiger charge is 2.03. The van der Waals surface area contributed by atoms with Crippen molar-refractivity contribution in [2.45, 2.75) is 13.3 Å². The number of nitrogens with zero attached hydrogens (tertiary/aromatic N) is 1. The van der Waals surface area contributed by atoms with Gasteiger partial charge in [-0.15, -0.1) is 0 Å². The summed E-state index contributed by atoms with van der Waals surface area (Å²) in [5.74, 6) is -0.0467. The lowest BCUT2D eigenvalue weighted by Gasteiger charge is -2.05. The molecule has 3 N–H and O–H groups in total. The van der Waals surface area contributed by atoms with Gasteiger partial charge in [0.1, 0.15) is 0 Å². The van der Waals surface area contributed by atoms with E-state index in [1.165, 1.54) is 5.56 Å². The van der Waals surface area contributed by atoms with Gasteiger partial charge in [0.15, 0.2) is 12.4 Å². The molecule has 5 nitrogen and oxygen atoms in total. The Labute approximate surface area is 129 Å². The largest absolute Gasteiger partial charge is 0.384 e. The van der Waals surface area contributed by atoms with Crippen molar-refractivity contribution in [3.05, 3.63) is 65.7 Å². The molecule has 2 aromatic rings. The summed E-state index contributed by atoms with van der Waals surface area (Å²) in [4.78, 5) is 16.7. The molecule has 1 amide bonds. The third kappa shape index (κ3) is 4.63. The van der Waals surface area contributed by atoms with Gasteiger partial charge in [0, 0.05) is 11.3 Å². The first kappa shape index (κ1) is 15.6. The first-order chi connectivity index (χ1) is 10.7. The first-order valence-corrected chi connectivity index (χ1v) is 7.08. The average Bonchev–Trinajstić information content (AvgIpc) is 2.56. The van der Waals surface area contributed by atoms with Gasteiger partial charge in [0.05, 0.1) is 0 Å². The Hall–Kier alpha value is -2.82. The Morgan fingerprint density at radius 2 is 1.82 bits per heavy atom. The summed E-state index contributed by atoms with van der Waals surface area (Å²) in [6.07, 6.45) is 0.963. The molecule has 0 atom stereocenters. The van der Waals surface area contributed by atoms with Crippen LogP contribution in [0.3, 0.4) is 0 Å². The molecule has 0 saturated carbocycles. The lowest BCUT2D eigenvalue weighted by molar-refractivity contribution is -0.120. The molecule has 0 heterocycles. The minimum absolute atomic E-state index is 0.191. The Kier molecular flexibility index (Phi) is 5.54. The van der Waals surface area contributed by atoms with Crippen molar-refractivity contribution in [1.82, 2.24) is 0 Å². The molecule has 0 saturated heterocycles. The van der Waals surface area contributed by atoms with Crippen molar-refractivity contribution >= 4 is 17.4 Å². The number of nitrogens with one attached hydrogen (secondary N) is 1. The summed E-state index contributed by atoms with van der Waals surface area (Å²) in [5, 5.41) is 6.47. The number of hydrogen-bond donors (Lipinski definition) is 2. The summed E-state index contributed by atoms with van der Waals surface area (Å²) in [6, 6.07) is 16.9. The maximum Gasteiger partial charge on any atom is 0.265 e. The second kappa shape index (κ2) is 7.83. The number of carbonyl (C=O) groups is 1. The topological polar surface area (TPSA) is 76.7 Å². The third-order valence-electron chi connectivity index (χ3n) is 3.07. The number of nitrogens with two attached hydrogens (primary N) is 1. The van der Waals surface area contributed by atoms with Crippen molar-refractivity contribution in [1.29, 1.82) is 0 Å². The maximum absolute atomic E-state index is 11.7. The molecule has 0 aliphatic carbocycles. The van der Waals surface area contributed by atoms with E-state index in [0.717, 1.165) is 17.7 Å². The van der Waals surface area contributed by atoms with Gasteiger partial charge in [-0.05, 0) is 24.1 Å². The molecule has 0 bridgehead atoms. The molecule has 0 radical (unpaired) electrons. The summed E-state index contributed by atoms with van der Waals surface area (Å²) >= 11 is 0. The second-order valence-electron chi connectivity index (χ2n) is 4.71. The minimum Gasteiger partial charge on any atom is -0.384 e. The zero-order chi connectivity index (χ0) is 15.8. The van der Waals surface area contributed by atoms with E-state index in [2.05, 4.69) is 17.4 Å². The van der Waals surface area contributed by atoms with Crippen LogP contribution in [0, 0.1) is 0 Å². The smallest absolute Gasteiger partial charge is 0.265 e. The van der Waals surface area contributed by atoms with Crippen LogP contribution in [0.1, 0.15) is 18.1 Å². The molecule has 2 aromatic carbocycles. The molecule has 0 aliphatic rings. The summed E-state index contributed by atoms with van der Waals surface area (Å²) in [6.45, 7) is 1.89.